The van der Waals surface area contributed by atoms with Gasteiger partial charge in [0, 0.05) is 37.8 Å². The Bertz CT molecular complexity index is 821. The van der Waals surface area contributed by atoms with E-state index in [9.17, 15) is 19.2 Å². The van der Waals surface area contributed by atoms with Crippen molar-refractivity contribution in [3.05, 3.63) is 29.3 Å². The predicted octanol–water partition coefficient (Wildman–Crippen LogP) is -0.114. The molecule has 2 saturated heterocycles. The van der Waals surface area contributed by atoms with Crippen LogP contribution >= 0.6 is 0 Å². The highest BCUT2D eigenvalue weighted by Gasteiger charge is 2.44. The van der Waals surface area contributed by atoms with Gasteiger partial charge in [0.1, 0.15) is 6.04 Å². The Labute approximate surface area is 150 Å². The first kappa shape index (κ1) is 16.7. The second kappa shape index (κ2) is 6.21. The van der Waals surface area contributed by atoms with Crippen LogP contribution in [0.2, 0.25) is 0 Å². The zero-order chi connectivity index (χ0) is 18.4. The summed E-state index contributed by atoms with van der Waals surface area (Å²) >= 11 is 0. The van der Waals surface area contributed by atoms with Crippen LogP contribution in [0.4, 0.5) is 5.69 Å². The Morgan fingerprint density at radius 2 is 1.85 bits per heavy atom. The molecule has 1 aromatic carbocycles. The zero-order valence-corrected chi connectivity index (χ0v) is 14.4. The van der Waals surface area contributed by atoms with E-state index in [1.54, 1.807) is 12.1 Å². The lowest BCUT2D eigenvalue weighted by Gasteiger charge is -2.33. The van der Waals surface area contributed by atoms with Gasteiger partial charge >= 0.3 is 0 Å². The minimum absolute atomic E-state index is 0.119. The van der Waals surface area contributed by atoms with Crippen LogP contribution in [0, 0.1) is 0 Å². The van der Waals surface area contributed by atoms with E-state index in [-0.39, 0.29) is 18.7 Å². The third-order valence-electron chi connectivity index (χ3n) is 5.16. The number of fused-ring (bicyclic) bond motifs is 1. The first-order chi connectivity index (χ1) is 12.5. The molecule has 3 heterocycles. The fourth-order valence-electron chi connectivity index (χ4n) is 3.82. The largest absolute Gasteiger partial charge is 0.369 e. The lowest BCUT2D eigenvalue weighted by atomic mass is 10.0. The monoisotopic (exact) mass is 356 g/mol. The van der Waals surface area contributed by atoms with Gasteiger partial charge in [0.25, 0.3) is 11.8 Å². The summed E-state index contributed by atoms with van der Waals surface area (Å²) in [6.45, 7) is 4.59. The molecular weight excluding hydrogens is 336 g/mol. The van der Waals surface area contributed by atoms with Gasteiger partial charge in [-0.15, -0.1) is 0 Å². The van der Waals surface area contributed by atoms with Gasteiger partial charge in [-0.05, 0) is 31.5 Å². The summed E-state index contributed by atoms with van der Waals surface area (Å²) in [5.41, 5.74) is 1.53. The molecule has 0 aliphatic carbocycles. The van der Waals surface area contributed by atoms with E-state index in [1.807, 2.05) is 6.07 Å². The van der Waals surface area contributed by atoms with Gasteiger partial charge in [-0.2, -0.15) is 0 Å². The van der Waals surface area contributed by atoms with E-state index in [0.29, 0.717) is 17.2 Å². The summed E-state index contributed by atoms with van der Waals surface area (Å²) in [6.07, 6.45) is 0.284. The van der Waals surface area contributed by atoms with Crippen LogP contribution in [0.1, 0.15) is 40.5 Å². The van der Waals surface area contributed by atoms with Crippen LogP contribution in [0.5, 0.6) is 0 Å². The Balaban J connectivity index is 1.62. The SMILES string of the molecule is C[C@H]1CN(c2ccc3c(c2)C(=O)N(C2CCC(=O)NC2=O)C3=O)CCN1. The van der Waals surface area contributed by atoms with Crippen molar-refractivity contribution in [3.8, 4) is 0 Å². The second-order valence-electron chi connectivity index (χ2n) is 6.98. The fourth-order valence-corrected chi connectivity index (χ4v) is 3.82. The first-order valence-corrected chi connectivity index (χ1v) is 8.79. The van der Waals surface area contributed by atoms with Crippen LogP contribution in [0.3, 0.4) is 0 Å². The third kappa shape index (κ3) is 2.66. The lowest BCUT2D eigenvalue weighted by molar-refractivity contribution is -0.136. The maximum atomic E-state index is 12.8. The highest BCUT2D eigenvalue weighted by molar-refractivity contribution is 6.23. The minimum atomic E-state index is -0.928. The smallest absolute Gasteiger partial charge is 0.262 e. The molecule has 0 spiro atoms. The number of benzene rings is 1. The van der Waals surface area contributed by atoms with Crippen LogP contribution in [0.15, 0.2) is 18.2 Å². The van der Waals surface area contributed by atoms with E-state index >= 15 is 0 Å². The van der Waals surface area contributed by atoms with Gasteiger partial charge in [0.15, 0.2) is 0 Å². The Kier molecular flexibility index (Phi) is 3.99. The second-order valence-corrected chi connectivity index (χ2v) is 6.98. The molecule has 2 fully saturated rings. The van der Waals surface area contributed by atoms with Crippen molar-refractivity contribution in [1.82, 2.24) is 15.5 Å². The summed E-state index contributed by atoms with van der Waals surface area (Å²) in [5, 5.41) is 5.57. The van der Waals surface area contributed by atoms with E-state index < -0.39 is 23.8 Å². The molecule has 0 bridgehead atoms. The van der Waals surface area contributed by atoms with Crippen molar-refractivity contribution in [3.63, 3.8) is 0 Å². The predicted molar refractivity (Wildman–Crippen MR) is 92.8 cm³/mol. The summed E-state index contributed by atoms with van der Waals surface area (Å²) in [4.78, 5) is 52.1. The van der Waals surface area contributed by atoms with Crippen molar-refractivity contribution in [2.45, 2.75) is 31.8 Å². The summed E-state index contributed by atoms with van der Waals surface area (Å²) in [5.74, 6) is -1.91. The molecule has 0 aromatic heterocycles. The van der Waals surface area contributed by atoms with Crippen LogP contribution in [0.25, 0.3) is 0 Å². The molecule has 2 N–H and O–H groups in total. The van der Waals surface area contributed by atoms with Gasteiger partial charge in [0.2, 0.25) is 11.8 Å². The number of piperazine rings is 1. The quantitative estimate of drug-likeness (QED) is 0.717. The van der Waals surface area contributed by atoms with Crippen LogP contribution in [-0.4, -0.2) is 60.2 Å². The van der Waals surface area contributed by atoms with Crippen molar-refractivity contribution in [2.24, 2.45) is 0 Å². The highest BCUT2D eigenvalue weighted by Crippen LogP contribution is 2.30. The van der Waals surface area contributed by atoms with Crippen LogP contribution < -0.4 is 15.5 Å². The van der Waals surface area contributed by atoms with Gasteiger partial charge < -0.3 is 10.2 Å². The number of nitrogens with one attached hydrogen (secondary N) is 2. The average Bonchev–Trinajstić information content (AvgIpc) is 2.86. The number of amides is 4. The third-order valence-corrected chi connectivity index (χ3v) is 5.16. The van der Waals surface area contributed by atoms with E-state index in [0.717, 1.165) is 30.2 Å². The standard InChI is InChI=1S/C18H20N4O4/c1-10-9-21(7-6-19-10)11-2-3-12-13(8-11)18(26)22(17(12)25)14-4-5-15(23)20-16(14)24/h2-3,8,10,14,19H,4-7,9H2,1H3,(H,20,23,24)/t10-,14?/m0/s1. The molecule has 136 valence electrons. The number of anilines is 1. The maximum Gasteiger partial charge on any atom is 0.262 e. The van der Waals surface area contributed by atoms with Gasteiger partial charge in [-0.25, -0.2) is 0 Å². The number of piperidine rings is 1. The van der Waals surface area contributed by atoms with Crippen molar-refractivity contribution < 1.29 is 19.2 Å². The normalized spacial score (nSPS) is 26.2. The average molecular weight is 356 g/mol. The van der Waals surface area contributed by atoms with Crippen LogP contribution in [-0.2, 0) is 9.59 Å². The lowest BCUT2D eigenvalue weighted by Crippen LogP contribution is -2.54. The molecule has 2 atom stereocenters. The number of carbonyl (C=O) groups is 4. The Morgan fingerprint density at radius 1 is 1.08 bits per heavy atom. The summed E-state index contributed by atoms with van der Waals surface area (Å²) in [6, 6.07) is 4.65. The fraction of sp³-hybridized carbons (Fsp3) is 0.444. The van der Waals surface area contributed by atoms with Gasteiger partial charge in [-0.1, -0.05) is 0 Å². The Morgan fingerprint density at radius 3 is 2.58 bits per heavy atom. The first-order valence-electron chi connectivity index (χ1n) is 8.79. The molecule has 0 radical (unpaired) electrons. The molecular formula is C18H20N4O4. The molecule has 4 rings (SSSR count). The number of rotatable bonds is 2. The minimum Gasteiger partial charge on any atom is -0.369 e. The number of hydrogen-bond acceptors (Lipinski definition) is 6. The molecule has 0 saturated carbocycles. The zero-order valence-electron chi connectivity index (χ0n) is 14.4. The van der Waals surface area contributed by atoms with E-state index in [1.165, 1.54) is 0 Å². The number of carbonyl (C=O) groups excluding carboxylic acids is 4. The van der Waals surface area contributed by atoms with Crippen molar-refractivity contribution >= 4 is 29.3 Å². The number of hydrogen-bond donors (Lipinski definition) is 2. The number of imide groups is 2. The highest BCUT2D eigenvalue weighted by atomic mass is 16.2. The topological polar surface area (TPSA) is 98.8 Å². The molecule has 8 heteroatoms. The molecule has 1 aromatic rings. The molecule has 4 amide bonds. The van der Waals surface area contributed by atoms with Gasteiger partial charge in [-0.3, -0.25) is 29.4 Å². The van der Waals surface area contributed by atoms with E-state index in [4.69, 9.17) is 0 Å². The van der Waals surface area contributed by atoms with Gasteiger partial charge in [0.05, 0.1) is 11.1 Å². The molecule has 8 nitrogen and oxygen atoms in total. The molecule has 26 heavy (non-hydrogen) atoms. The Hall–Kier alpha value is -2.74. The molecule has 1 unspecified atom stereocenters. The van der Waals surface area contributed by atoms with E-state index in [2.05, 4.69) is 22.5 Å². The molecule has 3 aliphatic rings. The molecule has 3 aliphatic heterocycles. The maximum absolute atomic E-state index is 12.8. The summed E-state index contributed by atoms with van der Waals surface area (Å²) < 4.78 is 0. The summed E-state index contributed by atoms with van der Waals surface area (Å²) in [7, 11) is 0. The van der Waals surface area contributed by atoms with Crippen molar-refractivity contribution in [2.75, 3.05) is 24.5 Å². The van der Waals surface area contributed by atoms with Crippen molar-refractivity contribution in [1.29, 1.82) is 0 Å². The number of nitrogens with zero attached hydrogens (tertiary/aromatic N) is 2.